The van der Waals surface area contributed by atoms with Gasteiger partial charge in [-0.1, -0.05) is 12.1 Å². The molecule has 4 rings (SSSR count). The molecule has 1 fully saturated rings. The molecular formula is C23H23F4N5O4. The quantitative estimate of drug-likeness (QED) is 0.487. The second-order valence-corrected chi connectivity index (χ2v) is 7.80. The molecule has 0 aliphatic carbocycles. The predicted molar refractivity (Wildman–Crippen MR) is 120 cm³/mol. The number of anilines is 1. The first-order chi connectivity index (χ1) is 17.0. The highest BCUT2D eigenvalue weighted by molar-refractivity contribution is 5.93. The number of hydrogen-bond donors (Lipinski definition) is 2. The molecule has 1 aliphatic heterocycles. The van der Waals surface area contributed by atoms with Gasteiger partial charge in [0.1, 0.15) is 11.4 Å². The second kappa shape index (κ2) is 11.1. The van der Waals surface area contributed by atoms with Gasteiger partial charge in [-0.2, -0.15) is 18.3 Å². The number of carbonyl (C=O) groups is 2. The summed E-state index contributed by atoms with van der Waals surface area (Å²) in [4.78, 5) is 28.0. The van der Waals surface area contributed by atoms with Crippen molar-refractivity contribution >= 4 is 17.7 Å². The van der Waals surface area contributed by atoms with E-state index < -0.39 is 35.1 Å². The van der Waals surface area contributed by atoms with Gasteiger partial charge in [-0.05, 0) is 36.6 Å². The fourth-order valence-corrected chi connectivity index (χ4v) is 3.56. The van der Waals surface area contributed by atoms with E-state index in [1.165, 1.54) is 25.3 Å². The van der Waals surface area contributed by atoms with Crippen molar-refractivity contribution < 1.29 is 37.0 Å². The fourth-order valence-electron chi connectivity index (χ4n) is 3.56. The number of aromatic nitrogens is 3. The van der Waals surface area contributed by atoms with Crippen LogP contribution in [0.15, 0.2) is 42.7 Å². The van der Waals surface area contributed by atoms with E-state index in [1.807, 2.05) is 6.07 Å². The highest BCUT2D eigenvalue weighted by Crippen LogP contribution is 2.31. The molecule has 1 amide bonds. The molecule has 3 aromatic rings. The Kier molecular flexibility index (Phi) is 8.12. The van der Waals surface area contributed by atoms with Crippen LogP contribution in [0.25, 0.3) is 0 Å². The maximum atomic E-state index is 13.1. The number of carboxylic acids is 1. The molecule has 3 N–H and O–H groups in total. The number of benzene rings is 1. The van der Waals surface area contributed by atoms with Gasteiger partial charge in [0.2, 0.25) is 0 Å². The number of halogens is 4. The first-order valence-electron chi connectivity index (χ1n) is 10.7. The van der Waals surface area contributed by atoms with Gasteiger partial charge < -0.3 is 20.5 Å². The van der Waals surface area contributed by atoms with Crippen molar-refractivity contribution in [3.05, 3.63) is 70.9 Å². The monoisotopic (exact) mass is 509 g/mol. The maximum Gasteiger partial charge on any atom is 0.436 e. The van der Waals surface area contributed by atoms with E-state index in [9.17, 15) is 27.2 Å². The van der Waals surface area contributed by atoms with Gasteiger partial charge in [-0.25, -0.2) is 14.2 Å². The van der Waals surface area contributed by atoms with Crippen LogP contribution < -0.4 is 15.4 Å². The number of nitrogens with two attached hydrogens (primary N) is 1. The van der Waals surface area contributed by atoms with Crippen molar-refractivity contribution in [2.75, 3.05) is 25.1 Å². The number of nitrogens with zero attached hydrogens (tertiary/aromatic N) is 4. The number of rotatable bonds is 6. The van der Waals surface area contributed by atoms with E-state index in [1.54, 1.807) is 12.3 Å². The summed E-state index contributed by atoms with van der Waals surface area (Å²) < 4.78 is 57.2. The summed E-state index contributed by atoms with van der Waals surface area (Å²) in [5, 5.41) is 12.3. The summed E-state index contributed by atoms with van der Waals surface area (Å²) in [7, 11) is 1.32. The van der Waals surface area contributed by atoms with E-state index in [4.69, 9.17) is 10.8 Å². The Hall–Kier alpha value is -4.16. The minimum absolute atomic E-state index is 0.0175. The number of carbonyl (C=O) groups excluding carboxylic acids is 1. The Morgan fingerprint density at radius 1 is 1.14 bits per heavy atom. The first-order valence-corrected chi connectivity index (χ1v) is 10.7. The molecule has 3 heterocycles. The Bertz CT molecular complexity index is 1220. The lowest BCUT2D eigenvalue weighted by molar-refractivity contribution is -0.142. The van der Waals surface area contributed by atoms with Crippen LogP contribution in [-0.4, -0.2) is 51.9 Å². The Morgan fingerprint density at radius 2 is 1.83 bits per heavy atom. The fraction of sp³-hybridized carbons (Fsp3) is 0.304. The van der Waals surface area contributed by atoms with Crippen LogP contribution in [0.5, 0.6) is 5.75 Å². The molecule has 0 bridgehead atoms. The first kappa shape index (κ1) is 26.4. The predicted octanol–water partition coefficient (Wildman–Crippen LogP) is 3.58. The number of ether oxygens (including phenoxy) is 1. The molecule has 1 aromatic carbocycles. The Labute approximate surface area is 203 Å². The van der Waals surface area contributed by atoms with Gasteiger partial charge in [0.05, 0.1) is 19.2 Å². The van der Waals surface area contributed by atoms with Crippen LogP contribution in [0.3, 0.4) is 0 Å². The SMILES string of the molecule is COc1cccc(C(N)=O)c1F.O=C(O)c1cn(Cc2ccc(N3CCCC3)nc2)nc1C(F)(F)F. The van der Waals surface area contributed by atoms with Gasteiger partial charge in [0.25, 0.3) is 5.91 Å². The second-order valence-electron chi connectivity index (χ2n) is 7.80. The maximum absolute atomic E-state index is 13.1. The van der Waals surface area contributed by atoms with Crippen LogP contribution >= 0.6 is 0 Å². The van der Waals surface area contributed by atoms with Gasteiger partial charge >= 0.3 is 12.1 Å². The molecule has 1 aliphatic rings. The van der Waals surface area contributed by atoms with Crippen molar-refractivity contribution in [1.29, 1.82) is 0 Å². The van der Waals surface area contributed by atoms with Gasteiger partial charge in [-0.3, -0.25) is 9.48 Å². The Morgan fingerprint density at radius 3 is 2.33 bits per heavy atom. The molecule has 0 saturated carbocycles. The molecule has 0 unspecified atom stereocenters. The van der Waals surface area contributed by atoms with Crippen molar-refractivity contribution in [3.8, 4) is 5.75 Å². The molecular weight excluding hydrogens is 486 g/mol. The number of methoxy groups -OCH3 is 1. The van der Waals surface area contributed by atoms with E-state index in [0.29, 0.717) is 5.56 Å². The Balaban J connectivity index is 0.000000253. The van der Waals surface area contributed by atoms with Crippen LogP contribution in [0.1, 0.15) is 44.8 Å². The zero-order valence-corrected chi connectivity index (χ0v) is 19.1. The molecule has 0 atom stereocenters. The van der Waals surface area contributed by atoms with E-state index in [-0.39, 0.29) is 17.9 Å². The number of primary amides is 1. The highest BCUT2D eigenvalue weighted by atomic mass is 19.4. The molecule has 0 radical (unpaired) electrons. The summed E-state index contributed by atoms with van der Waals surface area (Å²) in [6.45, 7) is 1.91. The molecule has 0 spiro atoms. The average Bonchev–Trinajstić information content (AvgIpc) is 3.50. The van der Waals surface area contributed by atoms with Gasteiger partial charge in [-0.15, -0.1) is 0 Å². The molecule has 192 valence electrons. The third kappa shape index (κ3) is 6.29. The lowest BCUT2D eigenvalue weighted by Gasteiger charge is -2.16. The molecule has 36 heavy (non-hydrogen) atoms. The number of aromatic carboxylic acids is 1. The van der Waals surface area contributed by atoms with Crippen LogP contribution in [0.4, 0.5) is 23.4 Å². The van der Waals surface area contributed by atoms with E-state index in [2.05, 4.69) is 19.7 Å². The molecule has 2 aromatic heterocycles. The number of carboxylic acid groups (broad SMARTS) is 1. The summed E-state index contributed by atoms with van der Waals surface area (Å²) >= 11 is 0. The minimum atomic E-state index is -4.81. The zero-order valence-electron chi connectivity index (χ0n) is 19.1. The van der Waals surface area contributed by atoms with Crippen molar-refractivity contribution in [2.45, 2.75) is 25.6 Å². The third-order valence-electron chi connectivity index (χ3n) is 5.29. The topological polar surface area (TPSA) is 124 Å². The van der Waals surface area contributed by atoms with Crippen molar-refractivity contribution in [2.24, 2.45) is 5.73 Å². The zero-order chi connectivity index (χ0) is 26.5. The summed E-state index contributed by atoms with van der Waals surface area (Å²) in [6.07, 6.45) is -0.108. The summed E-state index contributed by atoms with van der Waals surface area (Å²) in [6, 6.07) is 7.80. The normalized spacial score (nSPS) is 13.2. The van der Waals surface area contributed by atoms with Crippen LogP contribution in [-0.2, 0) is 12.7 Å². The molecule has 13 heteroatoms. The smallest absolute Gasteiger partial charge is 0.436 e. The lowest BCUT2D eigenvalue weighted by atomic mass is 10.2. The lowest BCUT2D eigenvalue weighted by Crippen LogP contribution is -2.18. The average molecular weight is 509 g/mol. The van der Waals surface area contributed by atoms with Crippen LogP contribution in [0, 0.1) is 5.82 Å². The van der Waals surface area contributed by atoms with Crippen molar-refractivity contribution in [3.63, 3.8) is 0 Å². The van der Waals surface area contributed by atoms with Crippen molar-refractivity contribution in [1.82, 2.24) is 14.8 Å². The third-order valence-corrected chi connectivity index (χ3v) is 5.29. The van der Waals surface area contributed by atoms with Gasteiger partial charge in [0, 0.05) is 25.5 Å². The standard InChI is InChI=1S/C15H15F3N4O2.C8H8FNO2/c16-15(17,18)13-11(14(23)24)9-22(20-13)8-10-3-4-12(19-7-10)21-5-1-2-6-21;1-12-6-4-2-3-5(7(6)9)8(10)11/h3-4,7,9H,1-2,5-6,8H2,(H,23,24);2-4H,1H3,(H2,10,11). The van der Waals surface area contributed by atoms with Gasteiger partial charge in [0.15, 0.2) is 17.3 Å². The molecule has 9 nitrogen and oxygen atoms in total. The summed E-state index contributed by atoms with van der Waals surface area (Å²) in [5.74, 6) is -2.32. The summed E-state index contributed by atoms with van der Waals surface area (Å²) in [5.41, 5.74) is 3.14. The van der Waals surface area contributed by atoms with E-state index >= 15 is 0 Å². The largest absolute Gasteiger partial charge is 0.494 e. The minimum Gasteiger partial charge on any atom is -0.494 e. The number of hydrogen-bond acceptors (Lipinski definition) is 6. The highest BCUT2D eigenvalue weighted by Gasteiger charge is 2.39. The van der Waals surface area contributed by atoms with E-state index in [0.717, 1.165) is 42.6 Å². The van der Waals surface area contributed by atoms with Crippen LogP contribution in [0.2, 0.25) is 0 Å². The number of amides is 1. The number of alkyl halides is 3. The number of pyridine rings is 1. The molecule has 1 saturated heterocycles.